The van der Waals surface area contributed by atoms with Crippen LogP contribution in [0.15, 0.2) is 30.3 Å². The molecule has 1 heterocycles. The first-order chi connectivity index (χ1) is 8.56. The van der Waals surface area contributed by atoms with E-state index in [4.69, 9.17) is 34.8 Å². The molecule has 1 aromatic carbocycles. The Labute approximate surface area is 121 Å². The van der Waals surface area contributed by atoms with Crippen molar-refractivity contribution in [2.24, 2.45) is 0 Å². The van der Waals surface area contributed by atoms with Crippen LogP contribution in [0.5, 0.6) is 0 Å². The molecular weight excluding hydrogens is 289 g/mol. The van der Waals surface area contributed by atoms with Gasteiger partial charge in [0.2, 0.25) is 0 Å². The van der Waals surface area contributed by atoms with E-state index in [1.807, 2.05) is 25.1 Å². The van der Waals surface area contributed by atoms with Crippen molar-refractivity contribution in [3.63, 3.8) is 0 Å². The Morgan fingerprint density at radius 3 is 2.56 bits per heavy atom. The number of nitrogens with zero attached hydrogens (tertiary/aromatic N) is 1. The third kappa shape index (κ3) is 3.17. The number of hydrogen-bond donors (Lipinski definition) is 0. The number of pyridine rings is 1. The summed E-state index contributed by atoms with van der Waals surface area (Å²) < 4.78 is 0. The molecular formula is C14H8Cl3N. The Morgan fingerprint density at radius 2 is 1.83 bits per heavy atom. The summed E-state index contributed by atoms with van der Waals surface area (Å²) in [4.78, 5) is 4.28. The SMILES string of the molecule is Cc1cccc(C#Cc2cc(Cl)cc(Cl)c2Cl)n1. The minimum Gasteiger partial charge on any atom is -0.245 e. The Morgan fingerprint density at radius 1 is 1.06 bits per heavy atom. The van der Waals surface area contributed by atoms with Gasteiger partial charge in [-0.25, -0.2) is 4.98 Å². The van der Waals surface area contributed by atoms with Crippen LogP contribution in [-0.2, 0) is 0 Å². The first-order valence-corrected chi connectivity index (χ1v) is 6.30. The molecule has 0 radical (unpaired) electrons. The van der Waals surface area contributed by atoms with Crippen LogP contribution in [0.1, 0.15) is 17.0 Å². The summed E-state index contributed by atoms with van der Waals surface area (Å²) in [6.45, 7) is 1.91. The van der Waals surface area contributed by atoms with Gasteiger partial charge in [-0.05, 0) is 37.1 Å². The van der Waals surface area contributed by atoms with E-state index >= 15 is 0 Å². The molecule has 0 aliphatic heterocycles. The van der Waals surface area contributed by atoms with Gasteiger partial charge in [-0.2, -0.15) is 0 Å². The summed E-state index contributed by atoms with van der Waals surface area (Å²) in [5.74, 6) is 5.86. The van der Waals surface area contributed by atoms with Crippen LogP contribution in [0.25, 0.3) is 0 Å². The molecule has 2 aromatic rings. The van der Waals surface area contributed by atoms with E-state index in [1.54, 1.807) is 12.1 Å². The molecule has 0 amide bonds. The lowest BCUT2D eigenvalue weighted by atomic mass is 10.2. The van der Waals surface area contributed by atoms with Crippen molar-refractivity contribution < 1.29 is 0 Å². The summed E-state index contributed by atoms with van der Waals surface area (Å²) in [5, 5.41) is 1.30. The predicted molar refractivity (Wildman–Crippen MR) is 76.4 cm³/mol. The first-order valence-electron chi connectivity index (χ1n) is 5.16. The minimum absolute atomic E-state index is 0.394. The zero-order chi connectivity index (χ0) is 13.1. The minimum atomic E-state index is 0.394. The maximum absolute atomic E-state index is 6.05. The molecule has 18 heavy (non-hydrogen) atoms. The highest BCUT2D eigenvalue weighted by Crippen LogP contribution is 2.29. The Bertz CT molecular complexity index is 654. The van der Waals surface area contributed by atoms with E-state index in [9.17, 15) is 0 Å². The highest BCUT2D eigenvalue weighted by molar-refractivity contribution is 6.43. The molecule has 0 saturated carbocycles. The second kappa shape index (κ2) is 5.63. The molecule has 0 fully saturated rings. The molecule has 0 saturated heterocycles. The van der Waals surface area contributed by atoms with Gasteiger partial charge in [0.15, 0.2) is 0 Å². The van der Waals surface area contributed by atoms with Crippen LogP contribution in [0.3, 0.4) is 0 Å². The van der Waals surface area contributed by atoms with E-state index in [1.165, 1.54) is 0 Å². The zero-order valence-corrected chi connectivity index (χ0v) is 11.7. The maximum atomic E-state index is 6.05. The number of hydrogen-bond acceptors (Lipinski definition) is 1. The third-order valence-electron chi connectivity index (χ3n) is 2.21. The molecule has 1 nitrogen and oxygen atoms in total. The second-order valence-electron chi connectivity index (χ2n) is 3.66. The van der Waals surface area contributed by atoms with Crippen LogP contribution in [0.2, 0.25) is 15.1 Å². The lowest BCUT2D eigenvalue weighted by molar-refractivity contribution is 1.18. The lowest BCUT2D eigenvalue weighted by Gasteiger charge is -2.00. The fourth-order valence-electron chi connectivity index (χ4n) is 1.39. The molecule has 1 aromatic heterocycles. The Hall–Kier alpha value is -1.20. The monoisotopic (exact) mass is 295 g/mol. The molecule has 2 rings (SSSR count). The van der Waals surface area contributed by atoms with Crippen molar-refractivity contribution in [2.75, 3.05) is 0 Å². The van der Waals surface area contributed by atoms with E-state index in [2.05, 4.69) is 16.8 Å². The summed E-state index contributed by atoms with van der Waals surface area (Å²) in [5.41, 5.74) is 2.19. The quantitative estimate of drug-likeness (QED) is 0.505. The topological polar surface area (TPSA) is 12.9 Å². The summed E-state index contributed by atoms with van der Waals surface area (Å²) in [6, 6.07) is 8.91. The number of rotatable bonds is 0. The molecule has 0 atom stereocenters. The number of halogens is 3. The van der Waals surface area contributed by atoms with Crippen LogP contribution in [0.4, 0.5) is 0 Å². The highest BCUT2D eigenvalue weighted by atomic mass is 35.5. The smallest absolute Gasteiger partial charge is 0.113 e. The van der Waals surface area contributed by atoms with Gasteiger partial charge in [0, 0.05) is 16.3 Å². The van der Waals surface area contributed by atoms with Crippen LogP contribution < -0.4 is 0 Å². The van der Waals surface area contributed by atoms with Crippen molar-refractivity contribution >= 4 is 34.8 Å². The fourth-order valence-corrected chi connectivity index (χ4v) is 2.04. The molecule has 0 aliphatic rings. The van der Waals surface area contributed by atoms with E-state index in [0.29, 0.717) is 26.3 Å². The zero-order valence-electron chi connectivity index (χ0n) is 9.47. The van der Waals surface area contributed by atoms with E-state index in [0.717, 1.165) is 5.69 Å². The van der Waals surface area contributed by atoms with Crippen LogP contribution in [-0.4, -0.2) is 4.98 Å². The Balaban J connectivity index is 2.41. The first kappa shape index (κ1) is 13.2. The molecule has 0 aliphatic carbocycles. The number of benzene rings is 1. The normalized spacial score (nSPS) is 9.78. The van der Waals surface area contributed by atoms with Gasteiger partial charge in [0.25, 0.3) is 0 Å². The molecule has 4 heteroatoms. The van der Waals surface area contributed by atoms with Gasteiger partial charge in [-0.3, -0.25) is 0 Å². The van der Waals surface area contributed by atoms with Gasteiger partial charge in [-0.1, -0.05) is 46.8 Å². The highest BCUT2D eigenvalue weighted by Gasteiger charge is 2.04. The molecule has 0 spiro atoms. The predicted octanol–water partition coefficient (Wildman–Crippen LogP) is 4.75. The van der Waals surface area contributed by atoms with Gasteiger partial charge in [0.1, 0.15) is 5.69 Å². The average Bonchev–Trinajstić information content (AvgIpc) is 2.32. The van der Waals surface area contributed by atoms with Crippen LogP contribution >= 0.6 is 34.8 Å². The van der Waals surface area contributed by atoms with Gasteiger partial charge in [0.05, 0.1) is 10.0 Å². The lowest BCUT2D eigenvalue weighted by Crippen LogP contribution is -1.85. The van der Waals surface area contributed by atoms with Crippen LogP contribution in [0, 0.1) is 18.8 Å². The largest absolute Gasteiger partial charge is 0.245 e. The van der Waals surface area contributed by atoms with Crippen molar-refractivity contribution in [1.82, 2.24) is 4.98 Å². The number of aryl methyl sites for hydroxylation is 1. The second-order valence-corrected chi connectivity index (χ2v) is 4.88. The van der Waals surface area contributed by atoms with Crippen molar-refractivity contribution in [2.45, 2.75) is 6.92 Å². The van der Waals surface area contributed by atoms with Gasteiger partial charge >= 0.3 is 0 Å². The standard InChI is InChI=1S/C14H8Cl3N/c1-9-3-2-4-12(18-9)6-5-10-7-11(15)8-13(16)14(10)17/h2-4,7-8H,1H3. The summed E-state index contributed by atoms with van der Waals surface area (Å²) >= 11 is 17.9. The molecule has 0 unspecified atom stereocenters. The fraction of sp³-hybridized carbons (Fsp3) is 0.0714. The average molecular weight is 297 g/mol. The molecule has 90 valence electrons. The Kier molecular flexibility index (Phi) is 4.14. The van der Waals surface area contributed by atoms with Gasteiger partial charge < -0.3 is 0 Å². The maximum Gasteiger partial charge on any atom is 0.113 e. The van der Waals surface area contributed by atoms with Crippen molar-refractivity contribution in [3.8, 4) is 11.8 Å². The summed E-state index contributed by atoms with van der Waals surface area (Å²) in [6.07, 6.45) is 0. The van der Waals surface area contributed by atoms with E-state index < -0.39 is 0 Å². The molecule has 0 bridgehead atoms. The summed E-state index contributed by atoms with van der Waals surface area (Å²) in [7, 11) is 0. The van der Waals surface area contributed by atoms with E-state index in [-0.39, 0.29) is 0 Å². The third-order valence-corrected chi connectivity index (χ3v) is 3.23. The molecule has 0 N–H and O–H groups in total. The van der Waals surface area contributed by atoms with Crippen molar-refractivity contribution in [3.05, 3.63) is 62.4 Å². The number of aromatic nitrogens is 1. The van der Waals surface area contributed by atoms with Gasteiger partial charge in [-0.15, -0.1) is 0 Å². The van der Waals surface area contributed by atoms with Crippen molar-refractivity contribution in [1.29, 1.82) is 0 Å².